The number of aromatic nitrogens is 2. The van der Waals surface area contributed by atoms with Crippen LogP contribution in [-0.4, -0.2) is 16.7 Å². The zero-order chi connectivity index (χ0) is 15.7. The van der Waals surface area contributed by atoms with Crippen LogP contribution < -0.4 is 5.32 Å². The van der Waals surface area contributed by atoms with Crippen LogP contribution in [0.5, 0.6) is 0 Å². The van der Waals surface area contributed by atoms with Gasteiger partial charge in [0.2, 0.25) is 11.7 Å². The standard InChI is InChI=1S/C12H10F5N3O/c1-3-18-4(2)11-19-20-12(21-11)5-6(13)8(15)10(17)9(16)7(5)14/h4,18H,3H2,1-2H3. The van der Waals surface area contributed by atoms with E-state index in [0.29, 0.717) is 6.54 Å². The number of hydrogen-bond donors (Lipinski definition) is 1. The second-order valence-corrected chi connectivity index (χ2v) is 4.17. The Morgan fingerprint density at radius 3 is 2.00 bits per heavy atom. The summed E-state index contributed by atoms with van der Waals surface area (Å²) in [6.45, 7) is 4.00. The molecule has 0 fully saturated rings. The summed E-state index contributed by atoms with van der Waals surface area (Å²) in [4.78, 5) is 0. The van der Waals surface area contributed by atoms with Gasteiger partial charge in [0, 0.05) is 0 Å². The molecule has 2 rings (SSSR count). The van der Waals surface area contributed by atoms with E-state index in [0.717, 1.165) is 0 Å². The van der Waals surface area contributed by atoms with Gasteiger partial charge >= 0.3 is 0 Å². The average Bonchev–Trinajstić information content (AvgIpc) is 2.93. The van der Waals surface area contributed by atoms with Crippen molar-refractivity contribution >= 4 is 0 Å². The lowest BCUT2D eigenvalue weighted by Gasteiger charge is -2.06. The van der Waals surface area contributed by atoms with Crippen LogP contribution in [-0.2, 0) is 0 Å². The molecule has 1 N–H and O–H groups in total. The van der Waals surface area contributed by atoms with Gasteiger partial charge in [-0.25, -0.2) is 22.0 Å². The molecule has 1 heterocycles. The van der Waals surface area contributed by atoms with Crippen molar-refractivity contribution in [2.24, 2.45) is 0 Å². The van der Waals surface area contributed by atoms with E-state index in [-0.39, 0.29) is 5.89 Å². The third-order valence-corrected chi connectivity index (χ3v) is 2.75. The predicted octanol–water partition coefficient (Wildman–Crippen LogP) is 3.10. The lowest BCUT2D eigenvalue weighted by atomic mass is 10.1. The van der Waals surface area contributed by atoms with Gasteiger partial charge in [-0.05, 0) is 13.5 Å². The normalized spacial score (nSPS) is 12.7. The number of nitrogens with zero attached hydrogens (tertiary/aromatic N) is 2. The van der Waals surface area contributed by atoms with Crippen LogP contribution in [0.2, 0.25) is 0 Å². The minimum absolute atomic E-state index is 0.0317. The topological polar surface area (TPSA) is 51.0 Å². The number of halogens is 5. The fourth-order valence-electron chi connectivity index (χ4n) is 1.70. The summed E-state index contributed by atoms with van der Waals surface area (Å²) in [5.74, 6) is -11.2. The van der Waals surface area contributed by atoms with Gasteiger partial charge in [-0.15, -0.1) is 10.2 Å². The molecule has 0 radical (unpaired) electrons. The molecule has 114 valence electrons. The van der Waals surface area contributed by atoms with Crippen LogP contribution in [0.15, 0.2) is 4.42 Å². The lowest BCUT2D eigenvalue weighted by molar-refractivity contribution is 0.375. The Hall–Kier alpha value is -2.03. The Labute approximate surface area is 116 Å². The molecule has 4 nitrogen and oxygen atoms in total. The number of benzene rings is 1. The number of nitrogens with one attached hydrogen (secondary N) is 1. The van der Waals surface area contributed by atoms with Crippen molar-refractivity contribution in [2.45, 2.75) is 19.9 Å². The summed E-state index contributed by atoms with van der Waals surface area (Å²) >= 11 is 0. The first-order chi connectivity index (χ1) is 9.88. The molecule has 0 bridgehead atoms. The Balaban J connectivity index is 2.53. The summed E-state index contributed by atoms with van der Waals surface area (Å²) in [6.07, 6.45) is 0. The fourth-order valence-corrected chi connectivity index (χ4v) is 1.70. The van der Waals surface area contributed by atoms with Gasteiger partial charge in [0.1, 0.15) is 5.56 Å². The summed E-state index contributed by atoms with van der Waals surface area (Å²) in [6, 6.07) is -0.433. The zero-order valence-corrected chi connectivity index (χ0v) is 11.0. The number of rotatable bonds is 4. The van der Waals surface area contributed by atoms with E-state index in [9.17, 15) is 22.0 Å². The lowest BCUT2D eigenvalue weighted by Crippen LogP contribution is -2.17. The number of hydrogen-bond acceptors (Lipinski definition) is 4. The minimum atomic E-state index is -2.24. The Kier molecular flexibility index (Phi) is 4.21. The van der Waals surface area contributed by atoms with Crippen molar-refractivity contribution in [2.75, 3.05) is 6.54 Å². The van der Waals surface area contributed by atoms with E-state index >= 15 is 0 Å². The molecule has 0 amide bonds. The van der Waals surface area contributed by atoms with Crippen LogP contribution in [0.4, 0.5) is 22.0 Å². The molecule has 0 saturated heterocycles. The van der Waals surface area contributed by atoms with Crippen molar-refractivity contribution in [3.05, 3.63) is 35.0 Å². The molecule has 9 heteroatoms. The molecule has 1 atom stereocenters. The Morgan fingerprint density at radius 2 is 1.48 bits per heavy atom. The van der Waals surface area contributed by atoms with E-state index in [2.05, 4.69) is 15.5 Å². The van der Waals surface area contributed by atoms with Crippen molar-refractivity contribution in [3.8, 4) is 11.5 Å². The van der Waals surface area contributed by atoms with E-state index < -0.39 is 46.6 Å². The van der Waals surface area contributed by atoms with Gasteiger partial charge in [-0.1, -0.05) is 6.92 Å². The van der Waals surface area contributed by atoms with Crippen LogP contribution in [0.1, 0.15) is 25.8 Å². The summed E-state index contributed by atoms with van der Waals surface area (Å²) in [5, 5.41) is 9.75. The maximum Gasteiger partial charge on any atom is 0.253 e. The largest absolute Gasteiger partial charge is 0.419 e. The average molecular weight is 307 g/mol. The van der Waals surface area contributed by atoms with Gasteiger partial charge in [0.05, 0.1) is 6.04 Å². The molecule has 1 aromatic heterocycles. The van der Waals surface area contributed by atoms with E-state index in [1.54, 1.807) is 13.8 Å². The molecular weight excluding hydrogens is 297 g/mol. The smallest absolute Gasteiger partial charge is 0.253 e. The van der Waals surface area contributed by atoms with Crippen LogP contribution in [0, 0.1) is 29.1 Å². The van der Waals surface area contributed by atoms with Crippen molar-refractivity contribution in [1.82, 2.24) is 15.5 Å². The fraction of sp³-hybridized carbons (Fsp3) is 0.333. The molecule has 1 unspecified atom stereocenters. The maximum atomic E-state index is 13.6. The van der Waals surface area contributed by atoms with Crippen LogP contribution in [0.25, 0.3) is 11.5 Å². The third-order valence-electron chi connectivity index (χ3n) is 2.75. The van der Waals surface area contributed by atoms with Gasteiger partial charge in [-0.3, -0.25) is 0 Å². The van der Waals surface area contributed by atoms with E-state index in [4.69, 9.17) is 4.42 Å². The molecular formula is C12H10F5N3O. The molecule has 0 saturated carbocycles. The Morgan fingerprint density at radius 1 is 0.952 bits per heavy atom. The van der Waals surface area contributed by atoms with Crippen molar-refractivity contribution in [3.63, 3.8) is 0 Å². The minimum Gasteiger partial charge on any atom is -0.419 e. The summed E-state index contributed by atoms with van der Waals surface area (Å²) in [7, 11) is 0. The van der Waals surface area contributed by atoms with Gasteiger partial charge < -0.3 is 9.73 Å². The molecule has 0 aliphatic heterocycles. The quantitative estimate of drug-likeness (QED) is 0.536. The molecule has 21 heavy (non-hydrogen) atoms. The molecule has 0 spiro atoms. The monoisotopic (exact) mass is 307 g/mol. The first-order valence-corrected chi connectivity index (χ1v) is 5.97. The second-order valence-electron chi connectivity index (χ2n) is 4.17. The highest BCUT2D eigenvalue weighted by molar-refractivity contribution is 5.55. The highest BCUT2D eigenvalue weighted by Crippen LogP contribution is 2.31. The van der Waals surface area contributed by atoms with Crippen molar-refractivity contribution < 1.29 is 26.4 Å². The molecule has 1 aromatic carbocycles. The van der Waals surface area contributed by atoms with Gasteiger partial charge in [0.25, 0.3) is 5.89 Å². The third kappa shape index (κ3) is 2.60. The first-order valence-electron chi connectivity index (χ1n) is 5.97. The molecule has 0 aliphatic rings. The Bertz CT molecular complexity index is 644. The maximum absolute atomic E-state index is 13.6. The highest BCUT2D eigenvalue weighted by Gasteiger charge is 2.30. The van der Waals surface area contributed by atoms with E-state index in [1.807, 2.05) is 0 Å². The van der Waals surface area contributed by atoms with Crippen molar-refractivity contribution in [1.29, 1.82) is 0 Å². The first kappa shape index (κ1) is 15.4. The summed E-state index contributed by atoms with van der Waals surface area (Å²) in [5.41, 5.74) is -1.24. The predicted molar refractivity (Wildman–Crippen MR) is 61.6 cm³/mol. The second kappa shape index (κ2) is 5.76. The van der Waals surface area contributed by atoms with Gasteiger partial charge in [-0.2, -0.15) is 0 Å². The molecule has 2 aromatic rings. The summed E-state index contributed by atoms with van der Waals surface area (Å²) < 4.78 is 71.3. The van der Waals surface area contributed by atoms with Gasteiger partial charge in [0.15, 0.2) is 23.3 Å². The highest BCUT2D eigenvalue weighted by atomic mass is 19.2. The zero-order valence-electron chi connectivity index (χ0n) is 11.0. The SMILES string of the molecule is CCNC(C)c1nnc(-c2c(F)c(F)c(F)c(F)c2F)o1. The van der Waals surface area contributed by atoms with Crippen LogP contribution in [0.3, 0.4) is 0 Å². The van der Waals surface area contributed by atoms with E-state index in [1.165, 1.54) is 0 Å². The van der Waals surface area contributed by atoms with Crippen LogP contribution >= 0.6 is 0 Å². The molecule has 0 aliphatic carbocycles.